The Morgan fingerprint density at radius 1 is 1.04 bits per heavy atom. The number of hydrogen-bond acceptors (Lipinski definition) is 2. The SMILES string of the molecule is O=C(Nc1ccccc1Br)Nc1c(-c2ccncc2)[nH]c2ccc(F)cc12. The molecule has 2 aromatic carbocycles. The van der Waals surface area contributed by atoms with E-state index in [1.807, 2.05) is 30.3 Å². The van der Waals surface area contributed by atoms with E-state index in [2.05, 4.69) is 36.5 Å². The zero-order chi connectivity index (χ0) is 18.8. The highest BCUT2D eigenvalue weighted by Crippen LogP contribution is 2.35. The Kier molecular flexibility index (Phi) is 4.60. The molecule has 0 fully saturated rings. The molecule has 2 amide bonds. The summed E-state index contributed by atoms with van der Waals surface area (Å²) in [5.41, 5.74) is 3.37. The summed E-state index contributed by atoms with van der Waals surface area (Å²) >= 11 is 3.40. The van der Waals surface area contributed by atoms with Crippen LogP contribution in [-0.4, -0.2) is 16.0 Å². The number of fused-ring (bicyclic) bond motifs is 1. The summed E-state index contributed by atoms with van der Waals surface area (Å²) in [5, 5.41) is 6.22. The monoisotopic (exact) mass is 424 g/mol. The van der Waals surface area contributed by atoms with Gasteiger partial charge < -0.3 is 15.6 Å². The van der Waals surface area contributed by atoms with Gasteiger partial charge in [-0.05, 0) is 58.4 Å². The highest BCUT2D eigenvalue weighted by molar-refractivity contribution is 9.10. The minimum atomic E-state index is -0.428. The number of anilines is 2. The number of halogens is 2. The Morgan fingerprint density at radius 2 is 1.81 bits per heavy atom. The van der Waals surface area contributed by atoms with Gasteiger partial charge in [0.05, 0.1) is 17.1 Å². The van der Waals surface area contributed by atoms with E-state index < -0.39 is 6.03 Å². The van der Waals surface area contributed by atoms with Crippen LogP contribution in [0.25, 0.3) is 22.2 Å². The number of pyridine rings is 1. The van der Waals surface area contributed by atoms with E-state index in [4.69, 9.17) is 0 Å². The van der Waals surface area contributed by atoms with Gasteiger partial charge in [0.25, 0.3) is 0 Å². The number of urea groups is 1. The second-order valence-electron chi connectivity index (χ2n) is 5.86. The van der Waals surface area contributed by atoms with Crippen molar-refractivity contribution in [1.82, 2.24) is 9.97 Å². The molecule has 2 heterocycles. The first kappa shape index (κ1) is 17.2. The largest absolute Gasteiger partial charge is 0.353 e. The maximum absolute atomic E-state index is 13.8. The van der Waals surface area contributed by atoms with Crippen LogP contribution in [-0.2, 0) is 0 Å². The average molecular weight is 425 g/mol. The van der Waals surface area contributed by atoms with Crippen molar-refractivity contribution < 1.29 is 9.18 Å². The molecule has 0 saturated heterocycles. The first-order valence-electron chi connectivity index (χ1n) is 8.16. The Balaban J connectivity index is 1.74. The third-order valence-corrected chi connectivity index (χ3v) is 4.78. The quantitative estimate of drug-likeness (QED) is 0.390. The van der Waals surface area contributed by atoms with E-state index in [0.717, 1.165) is 15.6 Å². The Bertz CT molecular complexity index is 1130. The smallest absolute Gasteiger partial charge is 0.323 e. The molecule has 2 aromatic heterocycles. The number of nitrogens with one attached hydrogen (secondary N) is 3. The van der Waals surface area contributed by atoms with E-state index >= 15 is 0 Å². The number of nitrogens with zero attached hydrogens (tertiary/aromatic N) is 1. The van der Waals surface area contributed by atoms with E-state index in [1.54, 1.807) is 24.5 Å². The number of hydrogen-bond donors (Lipinski definition) is 3. The molecule has 3 N–H and O–H groups in total. The predicted molar refractivity (Wildman–Crippen MR) is 108 cm³/mol. The molecule has 4 aromatic rings. The van der Waals surface area contributed by atoms with Crippen molar-refractivity contribution in [1.29, 1.82) is 0 Å². The molecular formula is C20H14BrFN4O. The molecule has 5 nitrogen and oxygen atoms in total. The van der Waals surface area contributed by atoms with Gasteiger partial charge in [0.1, 0.15) is 5.82 Å². The van der Waals surface area contributed by atoms with Crippen LogP contribution in [0.15, 0.2) is 71.5 Å². The van der Waals surface area contributed by atoms with E-state index in [-0.39, 0.29) is 5.82 Å². The maximum Gasteiger partial charge on any atom is 0.323 e. The second-order valence-corrected chi connectivity index (χ2v) is 6.71. The molecule has 4 rings (SSSR count). The van der Waals surface area contributed by atoms with Crippen molar-refractivity contribution in [2.45, 2.75) is 0 Å². The highest BCUT2D eigenvalue weighted by atomic mass is 79.9. The van der Waals surface area contributed by atoms with Gasteiger partial charge >= 0.3 is 6.03 Å². The fourth-order valence-corrected chi connectivity index (χ4v) is 3.24. The summed E-state index contributed by atoms with van der Waals surface area (Å²) in [7, 11) is 0. The molecule has 0 atom stereocenters. The van der Waals surface area contributed by atoms with Crippen LogP contribution in [0.3, 0.4) is 0 Å². The summed E-state index contributed by atoms with van der Waals surface area (Å²) in [5.74, 6) is -0.378. The predicted octanol–water partition coefficient (Wildman–Crippen LogP) is 5.78. The van der Waals surface area contributed by atoms with Gasteiger partial charge in [-0.1, -0.05) is 12.1 Å². The third kappa shape index (κ3) is 3.54. The van der Waals surface area contributed by atoms with Crippen molar-refractivity contribution >= 4 is 44.2 Å². The minimum Gasteiger partial charge on any atom is -0.353 e. The van der Waals surface area contributed by atoms with Gasteiger partial charge in [-0.15, -0.1) is 0 Å². The fraction of sp³-hybridized carbons (Fsp3) is 0. The van der Waals surface area contributed by atoms with Crippen molar-refractivity contribution in [3.63, 3.8) is 0 Å². The highest BCUT2D eigenvalue weighted by Gasteiger charge is 2.16. The van der Waals surface area contributed by atoms with Crippen LogP contribution in [0, 0.1) is 5.82 Å². The van der Waals surface area contributed by atoms with Crippen LogP contribution < -0.4 is 10.6 Å². The molecule has 0 unspecified atom stereocenters. The molecule has 0 bridgehead atoms. The lowest BCUT2D eigenvalue weighted by molar-refractivity contribution is 0.262. The number of H-pyrrole nitrogens is 1. The molecule has 0 aliphatic rings. The van der Waals surface area contributed by atoms with Gasteiger partial charge in [0.15, 0.2) is 0 Å². The molecule has 7 heteroatoms. The van der Waals surface area contributed by atoms with E-state index in [9.17, 15) is 9.18 Å². The lowest BCUT2D eigenvalue weighted by Crippen LogP contribution is -2.19. The van der Waals surface area contributed by atoms with Crippen LogP contribution in [0.4, 0.5) is 20.6 Å². The van der Waals surface area contributed by atoms with Crippen molar-refractivity contribution in [2.75, 3.05) is 10.6 Å². The number of aromatic amines is 1. The van der Waals surface area contributed by atoms with Gasteiger partial charge in [0.2, 0.25) is 0 Å². The zero-order valence-electron chi connectivity index (χ0n) is 14.0. The third-order valence-electron chi connectivity index (χ3n) is 4.09. The fourth-order valence-electron chi connectivity index (χ4n) is 2.86. The molecule has 0 aliphatic carbocycles. The number of rotatable bonds is 3. The maximum atomic E-state index is 13.8. The number of para-hydroxylation sites is 1. The van der Waals surface area contributed by atoms with Gasteiger partial charge in [-0.25, -0.2) is 9.18 Å². The van der Waals surface area contributed by atoms with Crippen LogP contribution in [0.2, 0.25) is 0 Å². The molecule has 0 aliphatic heterocycles. The standard InChI is InChI=1S/C20H14BrFN4O/c21-15-3-1-2-4-17(15)25-20(27)26-19-14-11-13(22)5-6-16(14)24-18(19)12-7-9-23-10-8-12/h1-11,24H,(H2,25,26,27). The number of aromatic nitrogens is 2. The van der Waals surface area contributed by atoms with Gasteiger partial charge in [-0.3, -0.25) is 4.98 Å². The zero-order valence-corrected chi connectivity index (χ0v) is 15.5. The van der Waals surface area contributed by atoms with Crippen LogP contribution in [0.5, 0.6) is 0 Å². The van der Waals surface area contributed by atoms with E-state index in [0.29, 0.717) is 22.5 Å². The number of carbonyl (C=O) groups excluding carboxylic acids is 1. The first-order chi connectivity index (χ1) is 13.1. The molecular weight excluding hydrogens is 411 g/mol. The molecule has 0 radical (unpaired) electrons. The molecule has 134 valence electrons. The Labute approximate surface area is 162 Å². The number of amides is 2. The normalized spacial score (nSPS) is 10.7. The summed E-state index contributed by atoms with van der Waals surface area (Å²) in [6.45, 7) is 0. The lowest BCUT2D eigenvalue weighted by Gasteiger charge is -2.10. The summed E-state index contributed by atoms with van der Waals surface area (Å²) in [6.07, 6.45) is 3.32. The number of benzene rings is 2. The first-order valence-corrected chi connectivity index (χ1v) is 8.95. The Morgan fingerprint density at radius 3 is 2.59 bits per heavy atom. The summed E-state index contributed by atoms with van der Waals surface area (Å²) in [4.78, 5) is 19.8. The number of carbonyl (C=O) groups is 1. The van der Waals surface area contributed by atoms with Crippen LogP contribution >= 0.6 is 15.9 Å². The topological polar surface area (TPSA) is 69.8 Å². The van der Waals surface area contributed by atoms with Crippen molar-refractivity contribution in [3.8, 4) is 11.3 Å². The van der Waals surface area contributed by atoms with Crippen molar-refractivity contribution in [3.05, 3.63) is 77.3 Å². The van der Waals surface area contributed by atoms with E-state index in [1.165, 1.54) is 12.1 Å². The van der Waals surface area contributed by atoms with Crippen molar-refractivity contribution in [2.24, 2.45) is 0 Å². The molecule has 27 heavy (non-hydrogen) atoms. The lowest BCUT2D eigenvalue weighted by atomic mass is 10.1. The van der Waals surface area contributed by atoms with Gasteiger partial charge in [-0.2, -0.15) is 0 Å². The summed E-state index contributed by atoms with van der Waals surface area (Å²) in [6, 6.07) is 14.9. The summed E-state index contributed by atoms with van der Waals surface area (Å²) < 4.78 is 14.6. The Hall–Kier alpha value is -3.19. The second kappa shape index (κ2) is 7.20. The minimum absolute atomic E-state index is 0.378. The molecule has 0 saturated carbocycles. The average Bonchev–Trinajstić information content (AvgIpc) is 3.02. The molecule has 0 spiro atoms. The van der Waals surface area contributed by atoms with Gasteiger partial charge in [0, 0.05) is 33.3 Å². The van der Waals surface area contributed by atoms with Crippen LogP contribution in [0.1, 0.15) is 0 Å².